The predicted octanol–water partition coefficient (Wildman–Crippen LogP) is 3.96. The largest absolute Gasteiger partial charge is 0.321 e. The number of urea groups is 1. The van der Waals surface area contributed by atoms with E-state index in [0.29, 0.717) is 11.4 Å². The van der Waals surface area contributed by atoms with Crippen molar-refractivity contribution in [3.8, 4) is 0 Å². The number of rotatable bonds is 3. The van der Waals surface area contributed by atoms with E-state index in [1.54, 1.807) is 13.1 Å². The quantitative estimate of drug-likeness (QED) is 0.702. The van der Waals surface area contributed by atoms with Crippen molar-refractivity contribution in [2.75, 3.05) is 17.3 Å². The molecule has 0 bridgehead atoms. The number of likely N-dealkylation sites (N-methyl/N-ethyl adjacent to an activating group) is 1. The summed E-state index contributed by atoms with van der Waals surface area (Å²) in [5.41, 5.74) is 4.79. The molecule has 0 aromatic heterocycles. The molecule has 3 aromatic carbocycles. The van der Waals surface area contributed by atoms with Crippen molar-refractivity contribution in [2.45, 2.75) is 13.1 Å². The topological polar surface area (TPSA) is 73.8 Å². The van der Waals surface area contributed by atoms with Crippen LogP contribution >= 0.6 is 0 Å². The third-order valence-corrected chi connectivity index (χ3v) is 4.93. The average molecular weight is 397 g/mol. The number of carbonyl (C=O) groups excluding carboxylic acids is 2. The second kappa shape index (κ2) is 8.21. The van der Waals surface area contributed by atoms with Crippen molar-refractivity contribution in [3.05, 3.63) is 95.6 Å². The van der Waals surface area contributed by atoms with Gasteiger partial charge in [0.25, 0.3) is 5.91 Å². The van der Waals surface area contributed by atoms with E-state index in [4.69, 9.17) is 0 Å². The molecule has 3 aromatic rings. The normalized spacial score (nSPS) is 15.7. The molecule has 1 aliphatic rings. The molecule has 0 spiro atoms. The maximum absolute atomic E-state index is 13.1. The summed E-state index contributed by atoms with van der Waals surface area (Å²) in [4.78, 5) is 31.9. The van der Waals surface area contributed by atoms with Crippen molar-refractivity contribution in [1.29, 1.82) is 0 Å². The van der Waals surface area contributed by atoms with Crippen LogP contribution in [0.1, 0.15) is 16.7 Å². The van der Waals surface area contributed by atoms with Gasteiger partial charge in [0.2, 0.25) is 6.17 Å². The molecule has 4 rings (SSSR count). The highest BCUT2D eigenvalue weighted by atomic mass is 16.2. The van der Waals surface area contributed by atoms with E-state index < -0.39 is 12.2 Å². The first-order chi connectivity index (χ1) is 14.5. The zero-order chi connectivity index (χ0) is 21.1. The number of nitrogens with zero attached hydrogens (tertiary/aromatic N) is 2. The summed E-state index contributed by atoms with van der Waals surface area (Å²) in [6.07, 6.45) is -1.05. The number of benzodiazepines with no additional fused rings is 1. The minimum atomic E-state index is -1.05. The van der Waals surface area contributed by atoms with Gasteiger partial charge in [0.1, 0.15) is 0 Å². The molecule has 0 radical (unpaired) electrons. The van der Waals surface area contributed by atoms with E-state index in [9.17, 15) is 9.59 Å². The Labute approximate surface area is 175 Å². The fourth-order valence-corrected chi connectivity index (χ4v) is 3.46. The van der Waals surface area contributed by atoms with Gasteiger partial charge in [-0.3, -0.25) is 4.79 Å². The van der Waals surface area contributed by atoms with Gasteiger partial charge < -0.3 is 15.5 Å². The molecule has 0 saturated carbocycles. The Morgan fingerprint density at radius 3 is 2.47 bits per heavy atom. The number of hydrogen-bond donors (Lipinski definition) is 2. The van der Waals surface area contributed by atoms with E-state index in [1.165, 1.54) is 4.90 Å². The second-order valence-electron chi connectivity index (χ2n) is 7.13. The smallest absolute Gasteiger partial charge is 0.311 e. The fourth-order valence-electron chi connectivity index (χ4n) is 3.46. The fraction of sp³-hybridized carbons (Fsp3) is 0.125. The maximum atomic E-state index is 13.1. The summed E-state index contributed by atoms with van der Waals surface area (Å²) in [7, 11) is 1.69. The molecule has 1 unspecified atom stereocenters. The summed E-state index contributed by atoms with van der Waals surface area (Å²) in [6.45, 7) is 1.94. The average Bonchev–Trinajstić information content (AvgIpc) is 2.85. The number of hydrogen-bond acceptors (Lipinski definition) is 3. The van der Waals surface area contributed by atoms with Gasteiger partial charge in [0.05, 0.1) is 11.4 Å². The van der Waals surface area contributed by atoms with Gasteiger partial charge >= 0.3 is 6.03 Å². The number of nitrogens with one attached hydrogen (secondary N) is 2. The van der Waals surface area contributed by atoms with Gasteiger partial charge in [-0.15, -0.1) is 0 Å². The summed E-state index contributed by atoms with van der Waals surface area (Å²) >= 11 is 0. The Morgan fingerprint density at radius 1 is 0.967 bits per heavy atom. The number of benzene rings is 3. The van der Waals surface area contributed by atoms with Crippen LogP contribution in [0.15, 0.2) is 83.9 Å². The van der Waals surface area contributed by atoms with Crippen LogP contribution in [0.2, 0.25) is 0 Å². The Bertz CT molecular complexity index is 1120. The number of aliphatic imine (C=N–C) groups is 1. The maximum Gasteiger partial charge on any atom is 0.321 e. The van der Waals surface area contributed by atoms with Crippen molar-refractivity contribution < 1.29 is 9.59 Å². The highest BCUT2D eigenvalue weighted by molar-refractivity contribution is 6.20. The van der Waals surface area contributed by atoms with E-state index in [2.05, 4.69) is 15.6 Å². The van der Waals surface area contributed by atoms with E-state index in [1.807, 2.05) is 79.7 Å². The monoisotopic (exact) mass is 397 g/mol. The van der Waals surface area contributed by atoms with Gasteiger partial charge in [-0.05, 0) is 30.7 Å². The zero-order valence-electron chi connectivity index (χ0n) is 16.8. The van der Waals surface area contributed by atoms with Crippen molar-refractivity contribution >= 4 is 29.0 Å². The minimum Gasteiger partial charge on any atom is -0.311 e. The lowest BCUT2D eigenvalue weighted by molar-refractivity contribution is -0.119. The highest BCUT2D eigenvalue weighted by Gasteiger charge is 2.30. The van der Waals surface area contributed by atoms with Crippen LogP contribution in [-0.2, 0) is 4.79 Å². The van der Waals surface area contributed by atoms with E-state index >= 15 is 0 Å². The Morgan fingerprint density at radius 2 is 1.70 bits per heavy atom. The lowest BCUT2D eigenvalue weighted by atomic mass is 10.00. The van der Waals surface area contributed by atoms with Crippen molar-refractivity contribution in [3.63, 3.8) is 0 Å². The van der Waals surface area contributed by atoms with Crippen LogP contribution in [0.3, 0.4) is 0 Å². The second-order valence-corrected chi connectivity index (χ2v) is 7.13. The van der Waals surface area contributed by atoms with Gasteiger partial charge in [-0.1, -0.05) is 60.7 Å². The molecule has 3 amide bonds. The standard InChI is InChI=1S/C24H22N4O2/c1-16-9-8-12-18(15-16)25-24(30)27-22-23(29)28(2)20-14-7-6-13-19(20)21(26-22)17-10-4-3-5-11-17/h3-15,22H,1-2H3,(H2,25,27,30)/i2-1. The van der Waals surface area contributed by atoms with Crippen LogP contribution in [0.25, 0.3) is 0 Å². The molecule has 6 nitrogen and oxygen atoms in total. The molecular formula is C24H22N4O2. The first-order valence-electron chi connectivity index (χ1n) is 9.67. The lowest BCUT2D eigenvalue weighted by Crippen LogP contribution is -2.47. The highest BCUT2D eigenvalue weighted by Crippen LogP contribution is 2.27. The van der Waals surface area contributed by atoms with Crippen molar-refractivity contribution in [1.82, 2.24) is 5.32 Å². The Kier molecular flexibility index (Phi) is 5.30. The van der Waals surface area contributed by atoms with Crippen LogP contribution in [0.5, 0.6) is 0 Å². The number of aryl methyl sites for hydroxylation is 1. The van der Waals surface area contributed by atoms with Gasteiger partial charge in [0.15, 0.2) is 0 Å². The molecule has 1 aliphatic heterocycles. The molecule has 1 heterocycles. The van der Waals surface area contributed by atoms with Crippen LogP contribution < -0.4 is 15.5 Å². The summed E-state index contributed by atoms with van der Waals surface area (Å²) < 4.78 is 0. The third kappa shape index (κ3) is 3.93. The van der Waals surface area contributed by atoms with E-state index in [0.717, 1.165) is 22.4 Å². The lowest BCUT2D eigenvalue weighted by Gasteiger charge is -2.21. The molecule has 0 aliphatic carbocycles. The number of fused-ring (bicyclic) bond motifs is 1. The van der Waals surface area contributed by atoms with Crippen LogP contribution in [-0.4, -0.2) is 30.9 Å². The number of amides is 3. The summed E-state index contributed by atoms with van der Waals surface area (Å²) in [5.74, 6) is -0.312. The Hall–Kier alpha value is -3.93. The molecular weight excluding hydrogens is 375 g/mol. The molecule has 0 saturated heterocycles. The zero-order valence-corrected chi connectivity index (χ0v) is 16.8. The number of carbonyl (C=O) groups is 2. The molecule has 2 N–H and O–H groups in total. The Balaban J connectivity index is 1.69. The van der Waals surface area contributed by atoms with E-state index in [-0.39, 0.29) is 5.91 Å². The number of para-hydroxylation sites is 1. The minimum absolute atomic E-state index is 0.312. The first kappa shape index (κ1) is 19.4. The third-order valence-electron chi connectivity index (χ3n) is 4.93. The molecule has 150 valence electrons. The first-order valence-corrected chi connectivity index (χ1v) is 9.67. The predicted molar refractivity (Wildman–Crippen MR) is 119 cm³/mol. The van der Waals surface area contributed by atoms with Gasteiger partial charge in [0, 0.05) is 23.9 Å². The molecule has 6 heteroatoms. The van der Waals surface area contributed by atoms with Gasteiger partial charge in [-0.25, -0.2) is 9.79 Å². The summed E-state index contributed by atoms with van der Waals surface area (Å²) in [5, 5.41) is 5.48. The van der Waals surface area contributed by atoms with Gasteiger partial charge in [-0.2, -0.15) is 0 Å². The number of anilines is 2. The summed E-state index contributed by atoms with van der Waals surface area (Å²) in [6, 6.07) is 24.2. The molecule has 30 heavy (non-hydrogen) atoms. The van der Waals surface area contributed by atoms with Crippen LogP contribution in [0, 0.1) is 6.92 Å². The molecule has 0 fully saturated rings. The van der Waals surface area contributed by atoms with Crippen molar-refractivity contribution in [2.24, 2.45) is 4.99 Å². The SMILES string of the molecule is Cc1cccc(NC(=O)NC2N=C(c3ccccc3)c3ccccc3N([11CH3])C2=O)c1. The van der Waals surface area contributed by atoms with Crippen LogP contribution in [0.4, 0.5) is 16.2 Å². The molecule has 1 atom stereocenters.